The van der Waals surface area contributed by atoms with Crippen LogP contribution in [0, 0.1) is 0 Å². The maximum atomic E-state index is 12.7. The summed E-state index contributed by atoms with van der Waals surface area (Å²) in [5, 5.41) is 8.71. The molecule has 0 spiro atoms. The standard InChI is InChI=1S/C42H82O4/c1-3-5-7-9-11-12-13-14-15-16-17-18-19-24-27-31-35-39-42(45)46-40(36-32-28-10-8-6-4-2)37-33-29-25-22-20-21-23-26-30-34-38-41(43)44/h40H,3-39H2,1-2H3,(H,43,44). The van der Waals surface area contributed by atoms with Crippen LogP contribution < -0.4 is 0 Å². The van der Waals surface area contributed by atoms with Gasteiger partial charge in [-0.1, -0.05) is 200 Å². The molecule has 4 heteroatoms. The van der Waals surface area contributed by atoms with E-state index >= 15 is 0 Å². The van der Waals surface area contributed by atoms with E-state index in [0.717, 1.165) is 44.9 Å². The molecule has 0 bridgehead atoms. The van der Waals surface area contributed by atoms with Gasteiger partial charge in [-0.2, -0.15) is 0 Å². The van der Waals surface area contributed by atoms with Crippen molar-refractivity contribution in [1.82, 2.24) is 0 Å². The summed E-state index contributed by atoms with van der Waals surface area (Å²) in [6.07, 6.45) is 45.7. The molecule has 0 amide bonds. The fourth-order valence-corrected chi connectivity index (χ4v) is 6.72. The van der Waals surface area contributed by atoms with E-state index in [4.69, 9.17) is 9.84 Å². The quantitative estimate of drug-likeness (QED) is 0.0531. The van der Waals surface area contributed by atoms with Crippen molar-refractivity contribution in [2.45, 2.75) is 258 Å². The topological polar surface area (TPSA) is 63.6 Å². The maximum absolute atomic E-state index is 12.7. The van der Waals surface area contributed by atoms with Crippen molar-refractivity contribution in [3.63, 3.8) is 0 Å². The summed E-state index contributed by atoms with van der Waals surface area (Å²) < 4.78 is 6.04. The summed E-state index contributed by atoms with van der Waals surface area (Å²) in [5.74, 6) is -0.630. The Hall–Kier alpha value is -1.06. The molecule has 0 aromatic heterocycles. The Labute approximate surface area is 288 Å². The Bertz CT molecular complexity index is 619. The van der Waals surface area contributed by atoms with E-state index in [1.807, 2.05) is 0 Å². The second-order valence-corrected chi connectivity index (χ2v) is 14.5. The van der Waals surface area contributed by atoms with Gasteiger partial charge >= 0.3 is 11.9 Å². The molecular formula is C42H82O4. The van der Waals surface area contributed by atoms with Crippen LogP contribution in [0.2, 0.25) is 0 Å². The predicted octanol–water partition coefficient (Wildman–Crippen LogP) is 14.5. The summed E-state index contributed by atoms with van der Waals surface area (Å²) in [7, 11) is 0. The van der Waals surface area contributed by atoms with Gasteiger partial charge in [0.1, 0.15) is 6.10 Å². The van der Waals surface area contributed by atoms with Gasteiger partial charge in [0, 0.05) is 12.8 Å². The van der Waals surface area contributed by atoms with Gasteiger partial charge in [0.05, 0.1) is 0 Å². The van der Waals surface area contributed by atoms with Gasteiger partial charge in [0.25, 0.3) is 0 Å². The molecule has 0 fully saturated rings. The molecule has 0 rings (SSSR count). The lowest BCUT2D eigenvalue weighted by Gasteiger charge is -2.18. The fourth-order valence-electron chi connectivity index (χ4n) is 6.72. The van der Waals surface area contributed by atoms with Crippen LogP contribution in [0.25, 0.3) is 0 Å². The number of carbonyl (C=O) groups is 2. The lowest BCUT2D eigenvalue weighted by Crippen LogP contribution is -2.18. The van der Waals surface area contributed by atoms with Crippen LogP contribution >= 0.6 is 0 Å². The van der Waals surface area contributed by atoms with Crippen molar-refractivity contribution in [3.05, 3.63) is 0 Å². The van der Waals surface area contributed by atoms with Crippen molar-refractivity contribution in [3.8, 4) is 0 Å². The summed E-state index contributed by atoms with van der Waals surface area (Å²) in [6, 6.07) is 0. The second kappa shape index (κ2) is 38.4. The zero-order chi connectivity index (χ0) is 33.6. The van der Waals surface area contributed by atoms with E-state index in [2.05, 4.69) is 13.8 Å². The maximum Gasteiger partial charge on any atom is 0.306 e. The van der Waals surface area contributed by atoms with Gasteiger partial charge in [-0.15, -0.1) is 0 Å². The first-order valence-electron chi connectivity index (χ1n) is 21.0. The summed E-state index contributed by atoms with van der Waals surface area (Å²) in [6.45, 7) is 4.56. The van der Waals surface area contributed by atoms with Gasteiger partial charge in [-0.25, -0.2) is 0 Å². The minimum atomic E-state index is -0.672. The van der Waals surface area contributed by atoms with E-state index in [-0.39, 0.29) is 12.1 Å². The first-order chi connectivity index (χ1) is 22.6. The minimum Gasteiger partial charge on any atom is -0.481 e. The van der Waals surface area contributed by atoms with Crippen LogP contribution in [-0.2, 0) is 14.3 Å². The first-order valence-corrected chi connectivity index (χ1v) is 21.0. The summed E-state index contributed by atoms with van der Waals surface area (Å²) in [4.78, 5) is 23.2. The number of aliphatic carboxylic acids is 1. The van der Waals surface area contributed by atoms with Crippen molar-refractivity contribution in [1.29, 1.82) is 0 Å². The van der Waals surface area contributed by atoms with Gasteiger partial charge in [0.2, 0.25) is 0 Å². The molecule has 0 heterocycles. The largest absolute Gasteiger partial charge is 0.481 e. The minimum absolute atomic E-state index is 0.0419. The molecule has 1 N–H and O–H groups in total. The van der Waals surface area contributed by atoms with E-state index < -0.39 is 5.97 Å². The predicted molar refractivity (Wildman–Crippen MR) is 200 cm³/mol. The monoisotopic (exact) mass is 651 g/mol. The van der Waals surface area contributed by atoms with Gasteiger partial charge in [0.15, 0.2) is 0 Å². The Morgan fingerprint density at radius 1 is 0.391 bits per heavy atom. The molecule has 1 unspecified atom stereocenters. The number of ether oxygens (including phenoxy) is 1. The Morgan fingerprint density at radius 3 is 0.957 bits per heavy atom. The van der Waals surface area contributed by atoms with Crippen LogP contribution in [0.4, 0.5) is 0 Å². The van der Waals surface area contributed by atoms with Crippen LogP contribution in [0.1, 0.15) is 251 Å². The Balaban J connectivity index is 3.85. The summed E-state index contributed by atoms with van der Waals surface area (Å²) >= 11 is 0. The van der Waals surface area contributed by atoms with Crippen molar-refractivity contribution < 1.29 is 19.4 Å². The summed E-state index contributed by atoms with van der Waals surface area (Å²) in [5.41, 5.74) is 0. The Morgan fingerprint density at radius 2 is 0.652 bits per heavy atom. The molecule has 0 saturated heterocycles. The third-order valence-electron chi connectivity index (χ3n) is 9.83. The number of carboxylic acids is 1. The number of unbranched alkanes of at least 4 members (excludes halogenated alkanes) is 30. The lowest BCUT2D eigenvalue weighted by molar-refractivity contribution is -0.150. The number of carbonyl (C=O) groups excluding carboxylic acids is 1. The van der Waals surface area contributed by atoms with Crippen molar-refractivity contribution in [2.24, 2.45) is 0 Å². The normalized spacial score (nSPS) is 12.0. The van der Waals surface area contributed by atoms with Gasteiger partial charge in [-0.3, -0.25) is 9.59 Å². The molecule has 4 nitrogen and oxygen atoms in total. The highest BCUT2D eigenvalue weighted by atomic mass is 16.5. The third kappa shape index (κ3) is 37.4. The molecule has 274 valence electrons. The van der Waals surface area contributed by atoms with Crippen LogP contribution in [0.3, 0.4) is 0 Å². The van der Waals surface area contributed by atoms with E-state index in [0.29, 0.717) is 12.8 Å². The lowest BCUT2D eigenvalue weighted by atomic mass is 10.0. The number of hydrogen-bond donors (Lipinski definition) is 1. The molecule has 0 saturated carbocycles. The highest BCUT2D eigenvalue weighted by molar-refractivity contribution is 5.69. The molecular weight excluding hydrogens is 568 g/mol. The molecule has 0 radical (unpaired) electrons. The van der Waals surface area contributed by atoms with E-state index in [1.54, 1.807) is 0 Å². The zero-order valence-electron chi connectivity index (χ0n) is 31.4. The second-order valence-electron chi connectivity index (χ2n) is 14.5. The fraction of sp³-hybridized carbons (Fsp3) is 0.952. The molecule has 0 aliphatic heterocycles. The Kier molecular flexibility index (Phi) is 37.5. The van der Waals surface area contributed by atoms with Crippen molar-refractivity contribution in [2.75, 3.05) is 0 Å². The molecule has 0 aromatic rings. The zero-order valence-corrected chi connectivity index (χ0v) is 31.4. The molecule has 46 heavy (non-hydrogen) atoms. The molecule has 0 aliphatic carbocycles. The smallest absolute Gasteiger partial charge is 0.306 e. The van der Waals surface area contributed by atoms with E-state index in [9.17, 15) is 9.59 Å². The number of hydrogen-bond acceptors (Lipinski definition) is 3. The first kappa shape index (κ1) is 44.9. The highest BCUT2D eigenvalue weighted by Crippen LogP contribution is 2.19. The van der Waals surface area contributed by atoms with Gasteiger partial charge in [-0.05, 0) is 38.5 Å². The van der Waals surface area contributed by atoms with Gasteiger partial charge < -0.3 is 9.84 Å². The van der Waals surface area contributed by atoms with Crippen LogP contribution in [0.5, 0.6) is 0 Å². The van der Waals surface area contributed by atoms with Crippen molar-refractivity contribution >= 4 is 11.9 Å². The number of carboxylic acid groups (broad SMARTS) is 1. The average Bonchev–Trinajstić information content (AvgIpc) is 3.04. The number of esters is 1. The SMILES string of the molecule is CCCCCCCCCCCCCCCCCCCC(=O)OC(CCCCCCCC)CCCCCCCCCCCCC(=O)O. The third-order valence-corrected chi connectivity index (χ3v) is 9.83. The molecule has 1 atom stereocenters. The molecule has 0 aliphatic rings. The van der Waals surface area contributed by atoms with Crippen LogP contribution in [-0.4, -0.2) is 23.1 Å². The average molecular weight is 651 g/mol. The molecule has 0 aromatic carbocycles. The number of rotatable bonds is 39. The highest BCUT2D eigenvalue weighted by Gasteiger charge is 2.14. The van der Waals surface area contributed by atoms with Crippen LogP contribution in [0.15, 0.2) is 0 Å². The van der Waals surface area contributed by atoms with E-state index in [1.165, 1.54) is 180 Å².